The quantitative estimate of drug-likeness (QED) is 0.859. The Morgan fingerprint density at radius 2 is 2.00 bits per heavy atom. The minimum Gasteiger partial charge on any atom is -0.397 e. The Labute approximate surface area is 97.3 Å². The number of aromatic nitrogens is 1. The van der Waals surface area contributed by atoms with Gasteiger partial charge in [-0.05, 0) is 30.3 Å². The fourth-order valence-electron chi connectivity index (χ4n) is 1.37. The largest absolute Gasteiger partial charge is 0.397 e. The molecular formula is C12H11F2N3. The SMILES string of the molecule is Nc1ccc(NCc2cc(F)ccc2F)nc1. The van der Waals surface area contributed by atoms with E-state index < -0.39 is 11.6 Å². The van der Waals surface area contributed by atoms with Crippen LogP contribution in [0.4, 0.5) is 20.3 Å². The lowest BCUT2D eigenvalue weighted by Gasteiger charge is -2.06. The van der Waals surface area contributed by atoms with Crippen LogP contribution >= 0.6 is 0 Å². The lowest BCUT2D eigenvalue weighted by Crippen LogP contribution is -2.04. The first-order chi connectivity index (χ1) is 8.15. The van der Waals surface area contributed by atoms with Crippen LogP contribution in [-0.2, 0) is 6.54 Å². The Morgan fingerprint density at radius 1 is 1.18 bits per heavy atom. The zero-order valence-corrected chi connectivity index (χ0v) is 8.95. The van der Waals surface area contributed by atoms with Gasteiger partial charge in [0.2, 0.25) is 0 Å². The maximum Gasteiger partial charge on any atom is 0.128 e. The summed E-state index contributed by atoms with van der Waals surface area (Å²) in [6, 6.07) is 6.69. The Hall–Kier alpha value is -2.17. The highest BCUT2D eigenvalue weighted by Crippen LogP contribution is 2.12. The van der Waals surface area contributed by atoms with E-state index in [0.717, 1.165) is 18.2 Å². The summed E-state index contributed by atoms with van der Waals surface area (Å²) in [6.45, 7) is 0.167. The van der Waals surface area contributed by atoms with Gasteiger partial charge < -0.3 is 11.1 Å². The third kappa shape index (κ3) is 2.90. The number of nitrogens with two attached hydrogens (primary N) is 1. The maximum atomic E-state index is 13.3. The smallest absolute Gasteiger partial charge is 0.128 e. The van der Waals surface area contributed by atoms with Crippen LogP contribution in [0.25, 0.3) is 0 Å². The van der Waals surface area contributed by atoms with Gasteiger partial charge in [-0.25, -0.2) is 13.8 Å². The van der Waals surface area contributed by atoms with Crippen molar-refractivity contribution in [2.24, 2.45) is 0 Å². The molecule has 0 unspecified atom stereocenters. The van der Waals surface area contributed by atoms with Crippen molar-refractivity contribution in [1.82, 2.24) is 4.98 Å². The molecule has 1 heterocycles. The number of pyridine rings is 1. The molecule has 2 rings (SSSR count). The topological polar surface area (TPSA) is 50.9 Å². The average molecular weight is 235 g/mol. The second-order valence-electron chi connectivity index (χ2n) is 3.57. The summed E-state index contributed by atoms with van der Waals surface area (Å²) in [6.07, 6.45) is 1.49. The molecule has 0 aliphatic rings. The molecule has 0 saturated carbocycles. The number of hydrogen-bond acceptors (Lipinski definition) is 3. The molecular weight excluding hydrogens is 224 g/mol. The van der Waals surface area contributed by atoms with E-state index in [1.165, 1.54) is 6.20 Å². The summed E-state index contributed by atoms with van der Waals surface area (Å²) in [4.78, 5) is 3.99. The highest BCUT2D eigenvalue weighted by atomic mass is 19.1. The van der Waals surface area contributed by atoms with E-state index in [2.05, 4.69) is 10.3 Å². The number of hydrogen-bond donors (Lipinski definition) is 2. The first kappa shape index (κ1) is 11.3. The predicted octanol–water partition coefficient (Wildman–Crippen LogP) is 2.55. The molecule has 0 spiro atoms. The van der Waals surface area contributed by atoms with Gasteiger partial charge in [0.15, 0.2) is 0 Å². The van der Waals surface area contributed by atoms with Crippen LogP contribution in [-0.4, -0.2) is 4.98 Å². The van der Waals surface area contributed by atoms with Crippen molar-refractivity contribution >= 4 is 11.5 Å². The highest BCUT2D eigenvalue weighted by Gasteiger charge is 2.03. The molecule has 5 heteroatoms. The molecule has 3 N–H and O–H groups in total. The van der Waals surface area contributed by atoms with Gasteiger partial charge in [0, 0.05) is 12.1 Å². The summed E-state index contributed by atoms with van der Waals surface area (Å²) >= 11 is 0. The van der Waals surface area contributed by atoms with Crippen molar-refractivity contribution in [2.75, 3.05) is 11.1 Å². The number of anilines is 2. The molecule has 0 amide bonds. The van der Waals surface area contributed by atoms with Gasteiger partial charge >= 0.3 is 0 Å². The van der Waals surface area contributed by atoms with E-state index in [9.17, 15) is 8.78 Å². The van der Waals surface area contributed by atoms with Crippen molar-refractivity contribution in [3.8, 4) is 0 Å². The fraction of sp³-hybridized carbons (Fsp3) is 0.0833. The van der Waals surface area contributed by atoms with Crippen molar-refractivity contribution in [1.29, 1.82) is 0 Å². The van der Waals surface area contributed by atoms with E-state index in [0.29, 0.717) is 11.5 Å². The standard InChI is InChI=1S/C12H11F2N3/c13-9-1-3-11(14)8(5-9)6-16-12-4-2-10(15)7-17-12/h1-5,7H,6,15H2,(H,16,17). The van der Waals surface area contributed by atoms with Crippen molar-refractivity contribution < 1.29 is 8.78 Å². The molecule has 0 fully saturated rings. The van der Waals surface area contributed by atoms with Gasteiger partial charge in [-0.2, -0.15) is 0 Å². The minimum atomic E-state index is -0.464. The molecule has 0 atom stereocenters. The van der Waals surface area contributed by atoms with Crippen LogP contribution in [0.2, 0.25) is 0 Å². The third-order valence-corrected chi connectivity index (χ3v) is 2.25. The first-order valence-electron chi connectivity index (χ1n) is 5.04. The zero-order chi connectivity index (χ0) is 12.3. The Bertz CT molecular complexity index is 512. The average Bonchev–Trinajstić information content (AvgIpc) is 2.32. The number of nitrogens with zero attached hydrogens (tertiary/aromatic N) is 1. The van der Waals surface area contributed by atoms with E-state index in [4.69, 9.17) is 5.73 Å². The second-order valence-corrected chi connectivity index (χ2v) is 3.57. The lowest BCUT2D eigenvalue weighted by molar-refractivity contribution is 0.587. The summed E-state index contributed by atoms with van der Waals surface area (Å²) in [5, 5.41) is 2.88. The van der Waals surface area contributed by atoms with Crippen LogP contribution in [0.15, 0.2) is 36.5 Å². The minimum absolute atomic E-state index is 0.167. The van der Waals surface area contributed by atoms with E-state index >= 15 is 0 Å². The molecule has 2 aromatic rings. The third-order valence-electron chi connectivity index (χ3n) is 2.25. The fourth-order valence-corrected chi connectivity index (χ4v) is 1.37. The number of nitrogens with one attached hydrogen (secondary N) is 1. The van der Waals surface area contributed by atoms with E-state index in [1.807, 2.05) is 0 Å². The molecule has 0 bridgehead atoms. The predicted molar refractivity (Wildman–Crippen MR) is 62.3 cm³/mol. The van der Waals surface area contributed by atoms with Crippen molar-refractivity contribution in [3.05, 3.63) is 53.7 Å². The number of halogens is 2. The van der Waals surface area contributed by atoms with Gasteiger partial charge in [-0.1, -0.05) is 0 Å². The Morgan fingerprint density at radius 3 is 2.71 bits per heavy atom. The Balaban J connectivity index is 2.07. The maximum absolute atomic E-state index is 13.3. The van der Waals surface area contributed by atoms with E-state index in [-0.39, 0.29) is 12.1 Å². The number of benzene rings is 1. The zero-order valence-electron chi connectivity index (χ0n) is 8.95. The summed E-state index contributed by atoms with van der Waals surface area (Å²) in [5.41, 5.74) is 6.28. The highest BCUT2D eigenvalue weighted by molar-refractivity contribution is 5.44. The first-order valence-corrected chi connectivity index (χ1v) is 5.04. The van der Waals surface area contributed by atoms with E-state index in [1.54, 1.807) is 12.1 Å². The molecule has 1 aromatic heterocycles. The van der Waals surface area contributed by atoms with Gasteiger partial charge in [0.1, 0.15) is 17.5 Å². The molecule has 0 aliphatic carbocycles. The Kier molecular flexibility index (Phi) is 3.18. The van der Waals surface area contributed by atoms with Gasteiger partial charge in [0.25, 0.3) is 0 Å². The van der Waals surface area contributed by atoms with Crippen LogP contribution in [0.1, 0.15) is 5.56 Å². The molecule has 0 saturated heterocycles. The van der Waals surface area contributed by atoms with Crippen molar-refractivity contribution in [3.63, 3.8) is 0 Å². The summed E-state index contributed by atoms with van der Waals surface area (Å²) in [5.74, 6) is -0.356. The number of rotatable bonds is 3. The van der Waals surface area contributed by atoms with Crippen LogP contribution in [0.3, 0.4) is 0 Å². The molecule has 88 valence electrons. The summed E-state index contributed by atoms with van der Waals surface area (Å²) < 4.78 is 26.2. The van der Waals surface area contributed by atoms with Crippen LogP contribution in [0, 0.1) is 11.6 Å². The van der Waals surface area contributed by atoms with Crippen LogP contribution < -0.4 is 11.1 Å². The van der Waals surface area contributed by atoms with Gasteiger partial charge in [-0.15, -0.1) is 0 Å². The van der Waals surface area contributed by atoms with Crippen molar-refractivity contribution in [2.45, 2.75) is 6.54 Å². The normalized spacial score (nSPS) is 10.2. The molecule has 0 radical (unpaired) electrons. The molecule has 17 heavy (non-hydrogen) atoms. The number of nitrogen functional groups attached to an aromatic ring is 1. The van der Waals surface area contributed by atoms with Crippen LogP contribution in [0.5, 0.6) is 0 Å². The lowest BCUT2D eigenvalue weighted by atomic mass is 10.2. The second kappa shape index (κ2) is 4.78. The summed E-state index contributed by atoms with van der Waals surface area (Å²) in [7, 11) is 0. The molecule has 1 aromatic carbocycles. The van der Waals surface area contributed by atoms with Gasteiger partial charge in [0.05, 0.1) is 11.9 Å². The molecule has 0 aliphatic heterocycles. The molecule has 3 nitrogen and oxygen atoms in total. The monoisotopic (exact) mass is 235 g/mol. The van der Waals surface area contributed by atoms with Gasteiger partial charge in [-0.3, -0.25) is 0 Å².